The highest BCUT2D eigenvalue weighted by atomic mass is 19.1. The summed E-state index contributed by atoms with van der Waals surface area (Å²) in [5.41, 5.74) is 2.43. The molecule has 0 N–H and O–H groups in total. The Labute approximate surface area is 172 Å². The number of hydrogen-bond donors (Lipinski definition) is 0. The SMILES string of the molecule is Cc1c(CF)cccc1C(=O)N1[C@H]2COC[C@@H]1c1nnc(-c3ccc(F)cc3)n1C2. The van der Waals surface area contributed by atoms with Crippen LogP contribution in [0.1, 0.15) is 33.4 Å². The van der Waals surface area contributed by atoms with Crippen LogP contribution in [0.3, 0.4) is 0 Å². The molecule has 8 heteroatoms. The molecule has 154 valence electrons. The molecule has 3 heterocycles. The summed E-state index contributed by atoms with van der Waals surface area (Å²) in [6.07, 6.45) is 0. The fraction of sp³-hybridized carbons (Fsp3) is 0.318. The van der Waals surface area contributed by atoms with Crippen molar-refractivity contribution in [1.29, 1.82) is 0 Å². The van der Waals surface area contributed by atoms with Crippen molar-refractivity contribution in [1.82, 2.24) is 19.7 Å². The third kappa shape index (κ3) is 2.90. The van der Waals surface area contributed by atoms with Gasteiger partial charge in [-0.15, -0.1) is 10.2 Å². The first-order chi connectivity index (χ1) is 14.6. The first kappa shape index (κ1) is 18.9. The van der Waals surface area contributed by atoms with Crippen LogP contribution in [0.15, 0.2) is 42.5 Å². The molecular weight excluding hydrogens is 390 g/mol. The molecule has 0 aliphatic carbocycles. The number of morpholine rings is 1. The Morgan fingerprint density at radius 2 is 1.97 bits per heavy atom. The quantitative estimate of drug-likeness (QED) is 0.664. The molecule has 1 aromatic heterocycles. The van der Waals surface area contributed by atoms with Crippen molar-refractivity contribution >= 4 is 5.91 Å². The van der Waals surface area contributed by atoms with Gasteiger partial charge in [0.25, 0.3) is 5.91 Å². The third-order valence-corrected chi connectivity index (χ3v) is 5.94. The van der Waals surface area contributed by atoms with E-state index in [-0.39, 0.29) is 23.8 Å². The van der Waals surface area contributed by atoms with Crippen molar-refractivity contribution in [2.75, 3.05) is 13.2 Å². The number of alkyl halides is 1. The van der Waals surface area contributed by atoms with Gasteiger partial charge in [-0.2, -0.15) is 0 Å². The maximum Gasteiger partial charge on any atom is 0.255 e. The Morgan fingerprint density at radius 3 is 2.73 bits per heavy atom. The lowest BCUT2D eigenvalue weighted by Crippen LogP contribution is -2.56. The second kappa shape index (κ2) is 7.28. The van der Waals surface area contributed by atoms with Gasteiger partial charge >= 0.3 is 0 Å². The van der Waals surface area contributed by atoms with Crippen molar-refractivity contribution in [3.63, 3.8) is 0 Å². The zero-order chi connectivity index (χ0) is 20.8. The topological polar surface area (TPSA) is 60.3 Å². The summed E-state index contributed by atoms with van der Waals surface area (Å²) in [6, 6.07) is 10.7. The van der Waals surface area contributed by atoms with Crippen LogP contribution >= 0.6 is 0 Å². The molecule has 1 fully saturated rings. The Morgan fingerprint density at radius 1 is 1.17 bits per heavy atom. The molecule has 0 saturated carbocycles. The summed E-state index contributed by atoms with van der Waals surface area (Å²) in [5, 5.41) is 8.66. The number of benzene rings is 2. The minimum Gasteiger partial charge on any atom is -0.377 e. The number of halogens is 2. The van der Waals surface area contributed by atoms with Gasteiger partial charge in [0.15, 0.2) is 11.6 Å². The van der Waals surface area contributed by atoms with Crippen molar-refractivity contribution in [3.05, 3.63) is 70.8 Å². The van der Waals surface area contributed by atoms with Gasteiger partial charge in [0.1, 0.15) is 18.5 Å². The van der Waals surface area contributed by atoms with Crippen LogP contribution in [0.25, 0.3) is 11.4 Å². The molecule has 0 unspecified atom stereocenters. The zero-order valence-corrected chi connectivity index (χ0v) is 16.4. The smallest absolute Gasteiger partial charge is 0.255 e. The summed E-state index contributed by atoms with van der Waals surface area (Å²) in [7, 11) is 0. The highest BCUT2D eigenvalue weighted by Crippen LogP contribution is 2.36. The number of nitrogens with zero attached hydrogens (tertiary/aromatic N) is 4. The highest BCUT2D eigenvalue weighted by Gasteiger charge is 2.44. The number of fused-ring (bicyclic) bond motifs is 4. The average molecular weight is 410 g/mol. The van der Waals surface area contributed by atoms with Crippen LogP contribution in [0.5, 0.6) is 0 Å². The van der Waals surface area contributed by atoms with Gasteiger partial charge in [-0.3, -0.25) is 4.79 Å². The monoisotopic (exact) mass is 410 g/mol. The van der Waals surface area contributed by atoms with Crippen LogP contribution in [0, 0.1) is 12.7 Å². The summed E-state index contributed by atoms with van der Waals surface area (Å²) in [4.78, 5) is 15.3. The molecule has 3 aromatic rings. The number of rotatable bonds is 3. The lowest BCUT2D eigenvalue weighted by molar-refractivity contribution is -0.0569. The third-order valence-electron chi connectivity index (χ3n) is 5.94. The molecule has 6 nitrogen and oxygen atoms in total. The Kier molecular flexibility index (Phi) is 4.58. The van der Waals surface area contributed by atoms with Crippen molar-refractivity contribution in [2.24, 2.45) is 0 Å². The molecule has 2 bridgehead atoms. The van der Waals surface area contributed by atoms with E-state index in [1.165, 1.54) is 12.1 Å². The molecule has 0 spiro atoms. The molecule has 2 aliphatic heterocycles. The highest BCUT2D eigenvalue weighted by molar-refractivity contribution is 5.96. The van der Waals surface area contributed by atoms with Gasteiger partial charge in [-0.25, -0.2) is 8.78 Å². The minimum atomic E-state index is -0.613. The van der Waals surface area contributed by atoms with Crippen molar-refractivity contribution in [3.8, 4) is 11.4 Å². The first-order valence-electron chi connectivity index (χ1n) is 9.82. The fourth-order valence-corrected chi connectivity index (χ4v) is 4.34. The van der Waals surface area contributed by atoms with Crippen LogP contribution in [-0.4, -0.2) is 44.8 Å². The number of ether oxygens (including phenoxy) is 1. The Hall–Kier alpha value is -3.13. The minimum absolute atomic E-state index is 0.154. The fourth-order valence-electron chi connectivity index (χ4n) is 4.34. The van der Waals surface area contributed by atoms with E-state index in [4.69, 9.17) is 4.74 Å². The second-order valence-electron chi connectivity index (χ2n) is 7.64. The van der Waals surface area contributed by atoms with Gasteiger partial charge in [-0.05, 0) is 48.4 Å². The number of aromatic nitrogens is 3. The number of hydrogen-bond acceptors (Lipinski definition) is 4. The second-order valence-corrected chi connectivity index (χ2v) is 7.64. The van der Waals surface area contributed by atoms with E-state index >= 15 is 0 Å². The lowest BCUT2D eigenvalue weighted by atomic mass is 9.98. The van der Waals surface area contributed by atoms with E-state index < -0.39 is 6.67 Å². The lowest BCUT2D eigenvalue weighted by Gasteiger charge is -2.45. The van der Waals surface area contributed by atoms with E-state index in [1.807, 2.05) is 4.57 Å². The largest absolute Gasteiger partial charge is 0.377 e. The zero-order valence-electron chi connectivity index (χ0n) is 16.4. The Balaban J connectivity index is 1.54. The van der Waals surface area contributed by atoms with Crippen LogP contribution < -0.4 is 0 Å². The molecule has 0 radical (unpaired) electrons. The van der Waals surface area contributed by atoms with E-state index in [2.05, 4.69) is 10.2 Å². The van der Waals surface area contributed by atoms with Gasteiger partial charge in [-0.1, -0.05) is 12.1 Å². The van der Waals surface area contributed by atoms with E-state index in [9.17, 15) is 13.6 Å². The number of carbonyl (C=O) groups is 1. The predicted molar refractivity (Wildman–Crippen MR) is 105 cm³/mol. The van der Waals surface area contributed by atoms with E-state index in [1.54, 1.807) is 42.2 Å². The van der Waals surface area contributed by atoms with Gasteiger partial charge in [0.05, 0.1) is 19.3 Å². The van der Waals surface area contributed by atoms with Crippen LogP contribution in [-0.2, 0) is 18.0 Å². The normalized spacial score (nSPS) is 20.2. The molecular formula is C22H20F2N4O2. The van der Waals surface area contributed by atoms with Gasteiger partial charge < -0.3 is 14.2 Å². The molecule has 30 heavy (non-hydrogen) atoms. The summed E-state index contributed by atoms with van der Waals surface area (Å²) < 4.78 is 34.3. The number of amides is 1. The molecule has 1 amide bonds. The van der Waals surface area contributed by atoms with Crippen LogP contribution in [0.2, 0.25) is 0 Å². The molecule has 2 aromatic carbocycles. The van der Waals surface area contributed by atoms with Crippen molar-refractivity contribution < 1.29 is 18.3 Å². The predicted octanol–water partition coefficient (Wildman–Crippen LogP) is 3.46. The van der Waals surface area contributed by atoms with Gasteiger partial charge in [0, 0.05) is 17.7 Å². The van der Waals surface area contributed by atoms with E-state index in [0.29, 0.717) is 48.1 Å². The molecule has 1 saturated heterocycles. The molecule has 2 aliphatic rings. The summed E-state index contributed by atoms with van der Waals surface area (Å²) in [6.45, 7) is 2.33. The maximum atomic E-state index is 13.5. The summed E-state index contributed by atoms with van der Waals surface area (Å²) in [5.74, 6) is 0.811. The van der Waals surface area contributed by atoms with Gasteiger partial charge in [0.2, 0.25) is 0 Å². The maximum absolute atomic E-state index is 13.5. The van der Waals surface area contributed by atoms with Crippen LogP contribution in [0.4, 0.5) is 8.78 Å². The Bertz CT molecular complexity index is 1110. The average Bonchev–Trinajstić information content (AvgIpc) is 3.17. The standard InChI is InChI=1S/C22H20F2N4O2/c1-13-15(9-23)3-2-4-18(13)22(29)28-17-10-27-20(14-5-7-16(24)8-6-14)25-26-21(27)19(28)12-30-11-17/h2-8,17,19H,9-12H2,1H3/t17-,19-/m1/s1. The first-order valence-corrected chi connectivity index (χ1v) is 9.82. The summed E-state index contributed by atoms with van der Waals surface area (Å²) >= 11 is 0. The molecule has 2 atom stereocenters. The number of carbonyl (C=O) groups excluding carboxylic acids is 1. The van der Waals surface area contributed by atoms with Crippen molar-refractivity contribution in [2.45, 2.75) is 32.2 Å². The molecule has 5 rings (SSSR count). The van der Waals surface area contributed by atoms with E-state index in [0.717, 1.165) is 5.56 Å².